The summed E-state index contributed by atoms with van der Waals surface area (Å²) in [4.78, 5) is 28.4. The molecule has 0 aliphatic carbocycles. The highest BCUT2D eigenvalue weighted by molar-refractivity contribution is 6.30. The zero-order chi connectivity index (χ0) is 20.6. The summed E-state index contributed by atoms with van der Waals surface area (Å²) in [7, 11) is 0. The number of amides is 2. The van der Waals surface area contributed by atoms with E-state index in [0.29, 0.717) is 31.0 Å². The molecule has 0 unspecified atom stereocenters. The molecule has 2 amide bonds. The third kappa shape index (κ3) is 3.87. The first kappa shape index (κ1) is 19.9. The quantitative estimate of drug-likeness (QED) is 0.834. The van der Waals surface area contributed by atoms with Crippen LogP contribution in [0.4, 0.5) is 10.1 Å². The number of anilines is 1. The van der Waals surface area contributed by atoms with E-state index >= 15 is 0 Å². The molecular formula is C22H22ClFN2O3. The van der Waals surface area contributed by atoms with Crippen LogP contribution in [0.25, 0.3) is 0 Å². The Hall–Kier alpha value is -2.44. The molecule has 2 aromatic rings. The van der Waals surface area contributed by atoms with Gasteiger partial charge in [0.2, 0.25) is 11.8 Å². The smallest absolute Gasteiger partial charge is 0.228 e. The van der Waals surface area contributed by atoms with Gasteiger partial charge in [0.05, 0.1) is 17.2 Å². The maximum absolute atomic E-state index is 14.0. The fraction of sp³-hybridized carbons (Fsp3) is 0.364. The summed E-state index contributed by atoms with van der Waals surface area (Å²) in [6.45, 7) is 0.987. The van der Waals surface area contributed by atoms with Gasteiger partial charge in [-0.3, -0.25) is 9.59 Å². The second-order valence-electron chi connectivity index (χ2n) is 7.72. The monoisotopic (exact) mass is 416 g/mol. The van der Waals surface area contributed by atoms with Crippen LogP contribution in [-0.2, 0) is 15.2 Å². The van der Waals surface area contributed by atoms with Gasteiger partial charge in [0, 0.05) is 31.1 Å². The Morgan fingerprint density at radius 2 is 1.76 bits per heavy atom. The van der Waals surface area contributed by atoms with E-state index in [1.54, 1.807) is 35.2 Å². The third-order valence-electron chi connectivity index (χ3n) is 5.90. The van der Waals surface area contributed by atoms with Gasteiger partial charge in [-0.25, -0.2) is 4.39 Å². The van der Waals surface area contributed by atoms with Crippen molar-refractivity contribution in [2.24, 2.45) is 5.92 Å². The fourth-order valence-electron chi connectivity index (χ4n) is 4.18. The molecule has 1 atom stereocenters. The standard InChI is InChI=1S/C22H22ClFN2O3/c23-17-7-5-16(6-8-17)22(29)9-11-25(12-10-22)21(28)15-13-20(27)26(14-15)19-4-2-1-3-18(19)24/h1-8,15,29H,9-14H2/t15-/m0/s1. The van der Waals surface area contributed by atoms with Gasteiger partial charge < -0.3 is 14.9 Å². The first-order chi connectivity index (χ1) is 13.9. The number of likely N-dealkylation sites (tertiary alicyclic amines) is 1. The largest absolute Gasteiger partial charge is 0.385 e. The van der Waals surface area contributed by atoms with E-state index in [1.165, 1.54) is 11.0 Å². The highest BCUT2D eigenvalue weighted by atomic mass is 35.5. The average molecular weight is 417 g/mol. The first-order valence-corrected chi connectivity index (χ1v) is 10.1. The number of benzene rings is 2. The minimum atomic E-state index is -0.994. The number of aliphatic hydroxyl groups is 1. The lowest BCUT2D eigenvalue weighted by Gasteiger charge is -2.39. The van der Waals surface area contributed by atoms with E-state index < -0.39 is 17.3 Å². The summed E-state index contributed by atoms with van der Waals surface area (Å²) >= 11 is 5.92. The van der Waals surface area contributed by atoms with E-state index in [-0.39, 0.29) is 30.5 Å². The minimum Gasteiger partial charge on any atom is -0.385 e. The van der Waals surface area contributed by atoms with E-state index in [0.717, 1.165) is 5.56 Å². The fourth-order valence-corrected chi connectivity index (χ4v) is 4.31. The van der Waals surface area contributed by atoms with Crippen LogP contribution in [0.15, 0.2) is 48.5 Å². The summed E-state index contributed by atoms with van der Waals surface area (Å²) < 4.78 is 14.0. The molecule has 0 radical (unpaired) electrons. The van der Waals surface area contributed by atoms with Crippen LogP contribution < -0.4 is 4.90 Å². The Bertz CT molecular complexity index is 926. The molecule has 0 aromatic heterocycles. The van der Waals surface area contributed by atoms with Crippen LogP contribution in [0.3, 0.4) is 0 Å². The number of halogens is 2. The van der Waals surface area contributed by atoms with Gasteiger partial charge in [0.1, 0.15) is 5.82 Å². The normalized spacial score (nSPS) is 21.5. The Labute approximate surface area is 173 Å². The van der Waals surface area contributed by atoms with Crippen molar-refractivity contribution in [3.63, 3.8) is 0 Å². The summed E-state index contributed by atoms with van der Waals surface area (Å²) in [5, 5.41) is 11.6. The minimum absolute atomic E-state index is 0.0745. The van der Waals surface area contributed by atoms with Crippen molar-refractivity contribution in [3.8, 4) is 0 Å². The van der Waals surface area contributed by atoms with Crippen molar-refractivity contribution in [1.82, 2.24) is 4.90 Å². The van der Waals surface area contributed by atoms with Gasteiger partial charge in [-0.1, -0.05) is 35.9 Å². The molecule has 2 saturated heterocycles. The lowest BCUT2D eigenvalue weighted by molar-refractivity contribution is -0.140. The maximum Gasteiger partial charge on any atom is 0.228 e. The Balaban J connectivity index is 1.41. The van der Waals surface area contributed by atoms with Crippen molar-refractivity contribution in [2.75, 3.05) is 24.5 Å². The van der Waals surface area contributed by atoms with Gasteiger partial charge in [0.25, 0.3) is 0 Å². The second-order valence-corrected chi connectivity index (χ2v) is 8.16. The van der Waals surface area contributed by atoms with Crippen molar-refractivity contribution >= 4 is 29.1 Å². The number of piperidine rings is 1. The zero-order valence-electron chi connectivity index (χ0n) is 15.9. The number of rotatable bonds is 3. The van der Waals surface area contributed by atoms with E-state index in [1.807, 2.05) is 12.1 Å². The Morgan fingerprint density at radius 3 is 2.41 bits per heavy atom. The second kappa shape index (κ2) is 7.76. The number of carbonyl (C=O) groups excluding carboxylic acids is 2. The molecule has 2 aliphatic rings. The van der Waals surface area contributed by atoms with Gasteiger partial charge >= 0.3 is 0 Å². The molecule has 7 heteroatoms. The van der Waals surface area contributed by atoms with Crippen LogP contribution in [0.2, 0.25) is 5.02 Å². The molecule has 5 nitrogen and oxygen atoms in total. The summed E-state index contributed by atoms with van der Waals surface area (Å²) in [5.41, 5.74) is 0.00540. The molecule has 0 saturated carbocycles. The average Bonchev–Trinajstić information content (AvgIpc) is 3.10. The molecule has 2 aromatic carbocycles. The summed E-state index contributed by atoms with van der Waals surface area (Å²) in [6.07, 6.45) is 0.904. The zero-order valence-corrected chi connectivity index (χ0v) is 16.6. The van der Waals surface area contributed by atoms with Gasteiger partial charge in [0.15, 0.2) is 0 Å². The molecule has 29 heavy (non-hydrogen) atoms. The van der Waals surface area contributed by atoms with Crippen molar-refractivity contribution in [1.29, 1.82) is 0 Å². The predicted molar refractivity (Wildman–Crippen MR) is 108 cm³/mol. The number of hydrogen-bond donors (Lipinski definition) is 1. The highest BCUT2D eigenvalue weighted by Gasteiger charge is 2.41. The van der Waals surface area contributed by atoms with Gasteiger partial charge in [-0.15, -0.1) is 0 Å². The Kier molecular flexibility index (Phi) is 5.32. The Morgan fingerprint density at radius 1 is 1.10 bits per heavy atom. The van der Waals surface area contributed by atoms with Crippen molar-refractivity contribution < 1.29 is 19.1 Å². The maximum atomic E-state index is 14.0. The molecular weight excluding hydrogens is 395 g/mol. The molecule has 0 spiro atoms. The first-order valence-electron chi connectivity index (χ1n) is 9.69. The number of carbonyl (C=O) groups is 2. The number of hydrogen-bond acceptors (Lipinski definition) is 3. The van der Waals surface area contributed by atoms with Crippen LogP contribution >= 0.6 is 11.6 Å². The number of para-hydroxylation sites is 1. The van der Waals surface area contributed by atoms with Crippen molar-refractivity contribution in [2.45, 2.75) is 24.9 Å². The molecule has 2 heterocycles. The topological polar surface area (TPSA) is 60.9 Å². The van der Waals surface area contributed by atoms with Gasteiger partial charge in [-0.05, 0) is 42.7 Å². The molecule has 152 valence electrons. The van der Waals surface area contributed by atoms with E-state index in [9.17, 15) is 19.1 Å². The van der Waals surface area contributed by atoms with E-state index in [4.69, 9.17) is 11.6 Å². The van der Waals surface area contributed by atoms with Gasteiger partial charge in [-0.2, -0.15) is 0 Å². The van der Waals surface area contributed by atoms with Crippen LogP contribution in [0.1, 0.15) is 24.8 Å². The molecule has 1 N–H and O–H groups in total. The van der Waals surface area contributed by atoms with E-state index in [2.05, 4.69) is 0 Å². The predicted octanol–water partition coefficient (Wildman–Crippen LogP) is 3.34. The summed E-state index contributed by atoms with van der Waals surface area (Å²) in [6, 6.07) is 13.2. The molecule has 2 aliphatic heterocycles. The highest BCUT2D eigenvalue weighted by Crippen LogP contribution is 2.35. The molecule has 4 rings (SSSR count). The lowest BCUT2D eigenvalue weighted by atomic mass is 9.84. The SMILES string of the molecule is O=C([C@H]1CC(=O)N(c2ccccc2F)C1)N1CCC(O)(c2ccc(Cl)cc2)CC1. The van der Waals surface area contributed by atoms with Crippen LogP contribution in [0.5, 0.6) is 0 Å². The van der Waals surface area contributed by atoms with Crippen molar-refractivity contribution in [3.05, 3.63) is 64.9 Å². The van der Waals surface area contributed by atoms with Crippen LogP contribution in [0, 0.1) is 11.7 Å². The van der Waals surface area contributed by atoms with Crippen LogP contribution in [-0.4, -0.2) is 41.5 Å². The molecule has 2 fully saturated rings. The lowest BCUT2D eigenvalue weighted by Crippen LogP contribution is -2.47. The summed E-state index contributed by atoms with van der Waals surface area (Å²) in [5.74, 6) is -1.33. The third-order valence-corrected chi connectivity index (χ3v) is 6.15. The molecule has 0 bridgehead atoms. The number of nitrogens with zero attached hydrogens (tertiary/aromatic N) is 2.